The van der Waals surface area contributed by atoms with Crippen molar-refractivity contribution in [2.24, 2.45) is 4.40 Å². The van der Waals surface area contributed by atoms with Gasteiger partial charge < -0.3 is 4.74 Å². The molecule has 0 aromatic heterocycles. The average molecular weight is 369 g/mol. The first-order chi connectivity index (χ1) is 12.1. The maximum Gasteiger partial charge on any atom is 0.251 e. The quantitative estimate of drug-likeness (QED) is 0.508. The number of benzene rings is 3. The van der Waals surface area contributed by atoms with Gasteiger partial charge in [-0.1, -0.05) is 48.5 Å². The van der Waals surface area contributed by atoms with E-state index in [1.165, 1.54) is 0 Å². The Morgan fingerprint density at radius 1 is 1.00 bits per heavy atom. The summed E-state index contributed by atoms with van der Waals surface area (Å²) < 4.78 is 35.2. The van der Waals surface area contributed by atoms with Crippen LogP contribution >= 0.6 is 11.0 Å². The summed E-state index contributed by atoms with van der Waals surface area (Å²) in [7, 11) is -2.97. The molecule has 1 heterocycles. The summed E-state index contributed by atoms with van der Waals surface area (Å²) >= 11 is 0. The van der Waals surface area contributed by atoms with Crippen molar-refractivity contribution >= 4 is 36.3 Å². The molecular weight excluding hydrogens is 354 g/mol. The fourth-order valence-corrected chi connectivity index (χ4v) is 5.42. The molecule has 0 spiro atoms. The lowest BCUT2D eigenvalue weighted by atomic mass is 10.0. The third kappa shape index (κ3) is 2.92. The minimum atomic E-state index is -3.56. The van der Waals surface area contributed by atoms with Crippen LogP contribution in [0.25, 0.3) is 10.8 Å². The predicted octanol–water partition coefficient (Wildman–Crippen LogP) is 4.37. The minimum absolute atomic E-state index is 0.277. The van der Waals surface area contributed by atoms with Gasteiger partial charge in [0.15, 0.2) is 0 Å². The van der Waals surface area contributed by atoms with E-state index in [-0.39, 0.29) is 6.61 Å². The van der Waals surface area contributed by atoms with Crippen molar-refractivity contribution in [2.45, 2.75) is 11.8 Å². The van der Waals surface area contributed by atoms with Crippen LogP contribution in [0.3, 0.4) is 0 Å². The van der Waals surface area contributed by atoms with Crippen LogP contribution in [0.15, 0.2) is 70.0 Å². The number of hydrogen-bond acceptors (Lipinski definition) is 5. The smallest absolute Gasteiger partial charge is 0.251 e. The van der Waals surface area contributed by atoms with Gasteiger partial charge in [-0.2, -0.15) is 0 Å². The molecule has 0 saturated heterocycles. The molecule has 25 heavy (non-hydrogen) atoms. The van der Waals surface area contributed by atoms with Crippen LogP contribution in [0.2, 0.25) is 0 Å². The van der Waals surface area contributed by atoms with Gasteiger partial charge in [0, 0.05) is 0 Å². The van der Waals surface area contributed by atoms with Gasteiger partial charge in [-0.05, 0) is 35.4 Å². The Labute approximate surface area is 150 Å². The second-order valence-corrected chi connectivity index (χ2v) is 9.22. The van der Waals surface area contributed by atoms with Gasteiger partial charge in [-0.25, -0.2) is 12.8 Å². The molecule has 6 heteroatoms. The van der Waals surface area contributed by atoms with E-state index in [0.29, 0.717) is 27.2 Å². The molecule has 3 aromatic rings. The molecule has 4 rings (SSSR count). The van der Waals surface area contributed by atoms with E-state index >= 15 is 0 Å². The van der Waals surface area contributed by atoms with Crippen LogP contribution < -0.4 is 4.74 Å². The second kappa shape index (κ2) is 6.20. The SMILES string of the molecule is Cc1ccccc1S(=O)(=O)SN=C1COc2ccc3ccccc3c21. The van der Waals surface area contributed by atoms with Crippen molar-refractivity contribution in [3.05, 3.63) is 71.8 Å². The molecule has 0 atom stereocenters. The van der Waals surface area contributed by atoms with Crippen LogP contribution in [0.1, 0.15) is 11.1 Å². The number of aryl methyl sites for hydroxylation is 1. The Morgan fingerprint density at radius 2 is 1.76 bits per heavy atom. The van der Waals surface area contributed by atoms with Crippen LogP contribution in [-0.4, -0.2) is 20.7 Å². The minimum Gasteiger partial charge on any atom is -0.487 e. The second-order valence-electron chi connectivity index (χ2n) is 5.78. The maximum absolute atomic E-state index is 12.6. The highest BCUT2D eigenvalue weighted by atomic mass is 33.1. The van der Waals surface area contributed by atoms with E-state index in [0.717, 1.165) is 22.1 Å². The Balaban J connectivity index is 1.74. The molecule has 0 saturated carbocycles. The normalized spacial score (nSPS) is 15.3. The van der Waals surface area contributed by atoms with Crippen LogP contribution in [0, 0.1) is 6.92 Å². The number of nitrogens with zero attached hydrogens (tertiary/aromatic N) is 1. The molecule has 0 fully saturated rings. The number of fused-ring (bicyclic) bond motifs is 3. The number of ether oxygens (including phenoxy) is 1. The van der Waals surface area contributed by atoms with E-state index in [2.05, 4.69) is 4.40 Å². The first-order valence-electron chi connectivity index (χ1n) is 7.77. The maximum atomic E-state index is 12.6. The van der Waals surface area contributed by atoms with Crippen molar-refractivity contribution in [3.63, 3.8) is 0 Å². The molecule has 0 radical (unpaired) electrons. The van der Waals surface area contributed by atoms with Crippen LogP contribution in [0.4, 0.5) is 0 Å². The highest BCUT2D eigenvalue weighted by molar-refractivity contribution is 8.71. The lowest BCUT2D eigenvalue weighted by Gasteiger charge is -2.05. The standard InChI is InChI=1S/C19H15NO3S2/c1-13-6-2-5-9-18(13)25(21,22)24-20-16-12-23-17-11-10-14-7-3-4-8-15(14)19(16)17/h2-11H,12H2,1H3. The molecule has 1 aliphatic rings. The predicted molar refractivity (Wildman–Crippen MR) is 102 cm³/mol. The summed E-state index contributed by atoms with van der Waals surface area (Å²) in [5.74, 6) is 0.742. The van der Waals surface area contributed by atoms with Gasteiger partial charge in [-0.3, -0.25) is 0 Å². The lowest BCUT2D eigenvalue weighted by molar-refractivity contribution is 0.393. The first kappa shape index (κ1) is 16.2. The third-order valence-electron chi connectivity index (χ3n) is 4.15. The number of hydrogen-bond donors (Lipinski definition) is 0. The molecular formula is C19H15NO3S2. The summed E-state index contributed by atoms with van der Waals surface area (Å²) in [6, 6.07) is 18.8. The average Bonchev–Trinajstić information content (AvgIpc) is 3.04. The van der Waals surface area contributed by atoms with Crippen molar-refractivity contribution in [2.75, 3.05) is 6.61 Å². The largest absolute Gasteiger partial charge is 0.487 e. The molecule has 0 aliphatic carbocycles. The van der Waals surface area contributed by atoms with E-state index in [9.17, 15) is 8.42 Å². The van der Waals surface area contributed by atoms with E-state index < -0.39 is 8.87 Å². The summed E-state index contributed by atoms with van der Waals surface area (Å²) in [6.45, 7) is 2.06. The van der Waals surface area contributed by atoms with Crippen molar-refractivity contribution in [3.8, 4) is 5.75 Å². The van der Waals surface area contributed by atoms with Gasteiger partial charge in [-0.15, -0.1) is 0 Å². The zero-order valence-electron chi connectivity index (χ0n) is 13.5. The Kier molecular flexibility index (Phi) is 4.01. The Morgan fingerprint density at radius 3 is 2.60 bits per heavy atom. The molecule has 0 bridgehead atoms. The van der Waals surface area contributed by atoms with Gasteiger partial charge in [0.25, 0.3) is 8.87 Å². The highest BCUT2D eigenvalue weighted by Gasteiger charge is 2.24. The first-order valence-corrected chi connectivity index (χ1v) is 10.5. The van der Waals surface area contributed by atoms with Crippen LogP contribution in [0.5, 0.6) is 5.75 Å². The zero-order valence-corrected chi connectivity index (χ0v) is 15.1. The summed E-state index contributed by atoms with van der Waals surface area (Å²) in [4.78, 5) is 0.293. The molecule has 126 valence electrons. The van der Waals surface area contributed by atoms with Gasteiger partial charge in [0.1, 0.15) is 23.3 Å². The fraction of sp³-hybridized carbons (Fsp3) is 0.105. The van der Waals surface area contributed by atoms with E-state index in [1.54, 1.807) is 25.1 Å². The van der Waals surface area contributed by atoms with Crippen molar-refractivity contribution in [1.82, 2.24) is 0 Å². The third-order valence-corrected chi connectivity index (χ3v) is 6.99. The Bertz CT molecular complexity index is 1100. The molecule has 0 N–H and O–H groups in total. The van der Waals surface area contributed by atoms with Crippen LogP contribution in [-0.2, 0) is 8.87 Å². The molecule has 1 aliphatic heterocycles. The summed E-state index contributed by atoms with van der Waals surface area (Å²) in [5, 5.41) is 2.09. The summed E-state index contributed by atoms with van der Waals surface area (Å²) in [6.07, 6.45) is 0. The lowest BCUT2D eigenvalue weighted by Crippen LogP contribution is -2.03. The van der Waals surface area contributed by atoms with Gasteiger partial charge >= 0.3 is 0 Å². The molecule has 4 nitrogen and oxygen atoms in total. The van der Waals surface area contributed by atoms with Crippen molar-refractivity contribution < 1.29 is 13.2 Å². The van der Waals surface area contributed by atoms with Crippen molar-refractivity contribution in [1.29, 1.82) is 0 Å². The number of rotatable bonds is 3. The molecule has 0 unspecified atom stereocenters. The van der Waals surface area contributed by atoms with Gasteiger partial charge in [0.05, 0.1) is 16.2 Å². The summed E-state index contributed by atoms with van der Waals surface area (Å²) in [5.41, 5.74) is 2.24. The van der Waals surface area contributed by atoms with Gasteiger partial charge in [0.2, 0.25) is 0 Å². The fourth-order valence-electron chi connectivity index (χ4n) is 2.93. The monoisotopic (exact) mass is 369 g/mol. The Hall–Kier alpha value is -2.31. The topological polar surface area (TPSA) is 55.7 Å². The van der Waals surface area contributed by atoms with E-state index in [4.69, 9.17) is 4.74 Å². The molecule has 3 aromatic carbocycles. The zero-order chi connectivity index (χ0) is 17.4. The highest BCUT2D eigenvalue weighted by Crippen LogP contribution is 2.35. The molecule has 0 amide bonds. The van der Waals surface area contributed by atoms with E-state index in [1.807, 2.05) is 42.5 Å².